The highest BCUT2D eigenvalue weighted by molar-refractivity contribution is 9.10. The van der Waals surface area contributed by atoms with E-state index < -0.39 is 0 Å². The van der Waals surface area contributed by atoms with Crippen LogP contribution in [0, 0.1) is 0 Å². The normalized spacial score (nSPS) is 21.4. The van der Waals surface area contributed by atoms with Crippen LogP contribution in [-0.4, -0.2) is 21.4 Å². The Bertz CT molecular complexity index is 505. The SMILES string of the molecule is Brc1cc2cnn(C3CCCCO3)c2cn1. The molecule has 5 heteroatoms. The van der Waals surface area contributed by atoms with Crippen molar-refractivity contribution < 1.29 is 4.74 Å². The molecule has 0 aliphatic carbocycles. The first-order valence-corrected chi connectivity index (χ1v) is 6.24. The monoisotopic (exact) mass is 281 g/mol. The Hall–Kier alpha value is -0.940. The van der Waals surface area contributed by atoms with E-state index >= 15 is 0 Å². The lowest BCUT2D eigenvalue weighted by molar-refractivity contribution is -0.0367. The number of ether oxygens (including phenoxy) is 1. The van der Waals surface area contributed by atoms with Crippen LogP contribution >= 0.6 is 15.9 Å². The van der Waals surface area contributed by atoms with Gasteiger partial charge in [0.1, 0.15) is 4.60 Å². The fourth-order valence-electron chi connectivity index (χ4n) is 2.06. The molecule has 0 aromatic carbocycles. The summed E-state index contributed by atoms with van der Waals surface area (Å²) < 4.78 is 8.50. The third-order valence-corrected chi connectivity index (χ3v) is 3.31. The van der Waals surface area contributed by atoms with Gasteiger partial charge in [0, 0.05) is 12.0 Å². The smallest absolute Gasteiger partial charge is 0.150 e. The van der Waals surface area contributed by atoms with Gasteiger partial charge in [-0.15, -0.1) is 0 Å². The molecule has 0 bridgehead atoms. The van der Waals surface area contributed by atoms with Gasteiger partial charge in [-0.05, 0) is 41.3 Å². The molecule has 4 nitrogen and oxygen atoms in total. The molecule has 84 valence electrons. The molecule has 0 spiro atoms. The van der Waals surface area contributed by atoms with Gasteiger partial charge in [-0.25, -0.2) is 9.67 Å². The summed E-state index contributed by atoms with van der Waals surface area (Å²) >= 11 is 3.36. The summed E-state index contributed by atoms with van der Waals surface area (Å²) in [4.78, 5) is 4.24. The van der Waals surface area contributed by atoms with Crippen LogP contribution in [0.4, 0.5) is 0 Å². The largest absolute Gasteiger partial charge is 0.356 e. The van der Waals surface area contributed by atoms with Crippen LogP contribution in [0.1, 0.15) is 25.5 Å². The third kappa shape index (κ3) is 1.74. The van der Waals surface area contributed by atoms with Crippen molar-refractivity contribution in [2.45, 2.75) is 25.5 Å². The highest BCUT2D eigenvalue weighted by Crippen LogP contribution is 2.26. The lowest BCUT2D eigenvalue weighted by Gasteiger charge is -2.23. The molecular formula is C11H12BrN3O. The van der Waals surface area contributed by atoms with E-state index in [1.807, 2.05) is 23.1 Å². The average Bonchev–Trinajstić information content (AvgIpc) is 2.73. The maximum atomic E-state index is 5.72. The number of hydrogen-bond donors (Lipinski definition) is 0. The predicted molar refractivity (Wildman–Crippen MR) is 64.1 cm³/mol. The van der Waals surface area contributed by atoms with Crippen molar-refractivity contribution >= 4 is 26.8 Å². The van der Waals surface area contributed by atoms with E-state index in [2.05, 4.69) is 26.0 Å². The molecule has 0 amide bonds. The van der Waals surface area contributed by atoms with Crippen molar-refractivity contribution in [1.82, 2.24) is 14.8 Å². The second kappa shape index (κ2) is 4.14. The van der Waals surface area contributed by atoms with E-state index in [0.717, 1.165) is 35.0 Å². The van der Waals surface area contributed by atoms with Gasteiger partial charge in [-0.3, -0.25) is 0 Å². The van der Waals surface area contributed by atoms with Crippen molar-refractivity contribution in [2.24, 2.45) is 0 Å². The number of fused-ring (bicyclic) bond motifs is 1. The van der Waals surface area contributed by atoms with Crippen molar-refractivity contribution in [3.05, 3.63) is 23.1 Å². The van der Waals surface area contributed by atoms with Crippen LogP contribution in [0.2, 0.25) is 0 Å². The molecule has 0 radical (unpaired) electrons. The van der Waals surface area contributed by atoms with Gasteiger partial charge in [-0.2, -0.15) is 5.10 Å². The molecule has 16 heavy (non-hydrogen) atoms. The molecule has 3 rings (SSSR count). The Morgan fingerprint density at radius 1 is 1.38 bits per heavy atom. The van der Waals surface area contributed by atoms with E-state index in [1.165, 1.54) is 6.42 Å². The Morgan fingerprint density at radius 3 is 3.12 bits per heavy atom. The van der Waals surface area contributed by atoms with Crippen LogP contribution in [0.5, 0.6) is 0 Å². The number of aromatic nitrogens is 3. The Balaban J connectivity index is 2.03. The van der Waals surface area contributed by atoms with Gasteiger partial charge in [0.15, 0.2) is 6.23 Å². The third-order valence-electron chi connectivity index (χ3n) is 2.88. The maximum Gasteiger partial charge on any atom is 0.150 e. The summed E-state index contributed by atoms with van der Waals surface area (Å²) in [7, 11) is 0. The van der Waals surface area contributed by atoms with E-state index in [4.69, 9.17) is 4.74 Å². The molecule has 0 saturated carbocycles. The van der Waals surface area contributed by atoms with Crippen LogP contribution in [0.15, 0.2) is 23.1 Å². The summed E-state index contributed by atoms with van der Waals surface area (Å²) in [6.45, 7) is 0.829. The molecule has 2 aromatic heterocycles. The van der Waals surface area contributed by atoms with Crippen LogP contribution in [-0.2, 0) is 4.74 Å². The predicted octanol–water partition coefficient (Wildman–Crippen LogP) is 2.89. The summed E-state index contributed by atoms with van der Waals surface area (Å²) in [6, 6.07) is 1.97. The first kappa shape index (κ1) is 10.2. The van der Waals surface area contributed by atoms with Gasteiger partial charge >= 0.3 is 0 Å². The summed E-state index contributed by atoms with van der Waals surface area (Å²) in [5.41, 5.74) is 1.04. The molecule has 1 aliphatic heterocycles. The maximum absolute atomic E-state index is 5.72. The molecule has 1 saturated heterocycles. The first-order chi connectivity index (χ1) is 7.84. The van der Waals surface area contributed by atoms with E-state index in [1.54, 1.807) is 0 Å². The highest BCUT2D eigenvalue weighted by Gasteiger charge is 2.18. The molecule has 3 heterocycles. The number of nitrogens with zero attached hydrogens (tertiary/aromatic N) is 3. The molecule has 1 aliphatic rings. The fraction of sp³-hybridized carbons (Fsp3) is 0.455. The standard InChI is InChI=1S/C11H12BrN3O/c12-10-5-8-6-14-15(9(8)7-13-10)11-3-1-2-4-16-11/h5-7,11H,1-4H2. The number of halogens is 1. The van der Waals surface area contributed by atoms with Crippen LogP contribution in [0.3, 0.4) is 0 Å². The second-order valence-electron chi connectivity index (χ2n) is 3.98. The minimum Gasteiger partial charge on any atom is -0.356 e. The number of pyridine rings is 1. The zero-order chi connectivity index (χ0) is 11.0. The quantitative estimate of drug-likeness (QED) is 0.755. The Kier molecular flexibility index (Phi) is 2.65. The molecule has 1 unspecified atom stereocenters. The summed E-state index contributed by atoms with van der Waals surface area (Å²) in [5, 5.41) is 5.48. The Morgan fingerprint density at radius 2 is 2.31 bits per heavy atom. The van der Waals surface area contributed by atoms with Crippen molar-refractivity contribution in [3.8, 4) is 0 Å². The van der Waals surface area contributed by atoms with Crippen molar-refractivity contribution in [1.29, 1.82) is 0 Å². The topological polar surface area (TPSA) is 39.9 Å². The summed E-state index contributed by atoms with van der Waals surface area (Å²) in [5.74, 6) is 0. The lowest BCUT2D eigenvalue weighted by Crippen LogP contribution is -2.18. The highest BCUT2D eigenvalue weighted by atomic mass is 79.9. The first-order valence-electron chi connectivity index (χ1n) is 5.45. The number of hydrogen-bond acceptors (Lipinski definition) is 3. The molecular weight excluding hydrogens is 270 g/mol. The molecule has 2 aromatic rings. The van der Waals surface area contributed by atoms with Crippen LogP contribution < -0.4 is 0 Å². The summed E-state index contributed by atoms with van der Waals surface area (Å²) in [6.07, 6.45) is 7.17. The molecule has 1 atom stereocenters. The number of rotatable bonds is 1. The minimum atomic E-state index is 0.0780. The average molecular weight is 282 g/mol. The van der Waals surface area contributed by atoms with Crippen molar-refractivity contribution in [2.75, 3.05) is 6.61 Å². The zero-order valence-electron chi connectivity index (χ0n) is 8.77. The second-order valence-corrected chi connectivity index (χ2v) is 4.79. The van der Waals surface area contributed by atoms with Gasteiger partial charge < -0.3 is 4.74 Å². The van der Waals surface area contributed by atoms with Gasteiger partial charge in [0.05, 0.1) is 17.9 Å². The van der Waals surface area contributed by atoms with Gasteiger partial charge in [0.2, 0.25) is 0 Å². The molecule has 0 N–H and O–H groups in total. The van der Waals surface area contributed by atoms with E-state index in [-0.39, 0.29) is 6.23 Å². The van der Waals surface area contributed by atoms with Crippen LogP contribution in [0.25, 0.3) is 10.9 Å². The molecule has 1 fully saturated rings. The fourth-order valence-corrected chi connectivity index (χ4v) is 2.41. The Labute approximate surface area is 102 Å². The van der Waals surface area contributed by atoms with Crippen molar-refractivity contribution in [3.63, 3.8) is 0 Å². The lowest BCUT2D eigenvalue weighted by atomic mass is 10.2. The van der Waals surface area contributed by atoms with E-state index in [9.17, 15) is 0 Å². The van der Waals surface area contributed by atoms with E-state index in [0.29, 0.717) is 0 Å². The minimum absolute atomic E-state index is 0.0780. The van der Waals surface area contributed by atoms with Gasteiger partial charge in [-0.1, -0.05) is 0 Å². The van der Waals surface area contributed by atoms with Gasteiger partial charge in [0.25, 0.3) is 0 Å². The zero-order valence-corrected chi connectivity index (χ0v) is 10.4.